The number of fused-ring (bicyclic) bond motifs is 10. The van der Waals surface area contributed by atoms with E-state index in [4.69, 9.17) is 9.47 Å². The first-order chi connectivity index (χ1) is 33.9. The summed E-state index contributed by atoms with van der Waals surface area (Å²) in [6, 6.07) is 0. The maximum atomic E-state index is 12.4. The van der Waals surface area contributed by atoms with Crippen LogP contribution in [0.2, 0.25) is 0 Å². The average Bonchev–Trinajstić information content (AvgIpc) is 3.87. The quantitative estimate of drug-likeness (QED) is 0.0399. The van der Waals surface area contributed by atoms with E-state index in [2.05, 4.69) is 86.4 Å². The minimum absolute atomic E-state index is 0.0182. The Morgan fingerprint density at radius 1 is 0.577 bits per heavy atom. The van der Waals surface area contributed by atoms with Crippen molar-refractivity contribution < 1.29 is 23.9 Å². The molecule has 0 aromatic carbocycles. The fourth-order valence-electron chi connectivity index (χ4n) is 18.8. The Morgan fingerprint density at radius 3 is 1.42 bits per heavy atom. The van der Waals surface area contributed by atoms with Gasteiger partial charge in [0.1, 0.15) is 18.5 Å². The van der Waals surface area contributed by atoms with E-state index in [0.29, 0.717) is 47.3 Å². The molecule has 0 N–H and O–H groups in total. The lowest BCUT2D eigenvalue weighted by Crippen LogP contribution is -2.51. The predicted molar refractivity (Wildman–Crippen MR) is 294 cm³/mol. The lowest BCUT2D eigenvalue weighted by molar-refractivity contribution is -0.152. The summed E-state index contributed by atoms with van der Waals surface area (Å²) in [6.45, 7) is 25.1. The zero-order valence-corrected chi connectivity index (χ0v) is 47.7. The summed E-state index contributed by atoms with van der Waals surface area (Å²) < 4.78 is 11.8. The summed E-state index contributed by atoms with van der Waals surface area (Å²) in [6.07, 6.45) is 40.4. The van der Waals surface area contributed by atoms with Crippen LogP contribution in [-0.4, -0.2) is 43.7 Å². The molecule has 0 amide bonds. The molecule has 6 heteroatoms. The van der Waals surface area contributed by atoms with Gasteiger partial charge >= 0.3 is 11.9 Å². The van der Waals surface area contributed by atoms with Crippen molar-refractivity contribution in [3.05, 3.63) is 23.3 Å². The van der Waals surface area contributed by atoms with Crippen molar-refractivity contribution in [2.24, 2.45) is 97.7 Å². The minimum Gasteiger partial charge on any atom is -0.462 e. The highest BCUT2D eigenvalue weighted by Gasteiger charge is 2.61. The molecule has 402 valence electrons. The van der Waals surface area contributed by atoms with Gasteiger partial charge in [0.2, 0.25) is 0 Å². The number of nitrogens with zero attached hydrogens (tertiary/aromatic N) is 1. The summed E-state index contributed by atoms with van der Waals surface area (Å²) in [7, 11) is 1.78. The van der Waals surface area contributed by atoms with E-state index in [-0.39, 0.29) is 24.1 Å². The van der Waals surface area contributed by atoms with Crippen LogP contribution in [0.3, 0.4) is 0 Å². The molecule has 0 spiro atoms. The van der Waals surface area contributed by atoms with E-state index in [1.165, 1.54) is 109 Å². The lowest BCUT2D eigenvalue weighted by Gasteiger charge is -2.58. The Balaban J connectivity index is 0.000000209. The van der Waals surface area contributed by atoms with Gasteiger partial charge < -0.3 is 19.3 Å². The van der Waals surface area contributed by atoms with Gasteiger partial charge in [-0.05, 0) is 208 Å². The van der Waals surface area contributed by atoms with Crippen LogP contribution in [0.25, 0.3) is 0 Å². The van der Waals surface area contributed by atoms with E-state index < -0.39 is 0 Å². The summed E-state index contributed by atoms with van der Waals surface area (Å²) >= 11 is 0. The molecule has 71 heavy (non-hydrogen) atoms. The van der Waals surface area contributed by atoms with Crippen molar-refractivity contribution in [3.63, 3.8) is 0 Å². The Kier molecular flexibility index (Phi) is 19.6. The molecule has 6 nitrogen and oxygen atoms in total. The fourth-order valence-corrected chi connectivity index (χ4v) is 18.8. The van der Waals surface area contributed by atoms with Gasteiger partial charge in [-0.25, -0.2) is 0 Å². The van der Waals surface area contributed by atoms with E-state index in [1.54, 1.807) is 18.2 Å². The molecule has 8 aliphatic carbocycles. The average molecular weight is 983 g/mol. The topological polar surface area (TPSA) is 82.0 Å². The monoisotopic (exact) mass is 982 g/mol. The molecule has 0 aliphatic heterocycles. The molecule has 0 aromatic heterocycles. The van der Waals surface area contributed by atoms with Crippen molar-refractivity contribution in [1.29, 1.82) is 0 Å². The number of unbranched alkanes of at least 4 members (excludes halogenated alkanes) is 2. The molecular weight excluding hydrogens is 875 g/mol. The van der Waals surface area contributed by atoms with Crippen LogP contribution in [0.4, 0.5) is 0 Å². The highest BCUT2D eigenvalue weighted by atomic mass is 16.5. The number of allylic oxidation sites excluding steroid dienone is 2. The number of rotatable bonds is 20. The van der Waals surface area contributed by atoms with Gasteiger partial charge in [-0.3, -0.25) is 9.59 Å². The summed E-state index contributed by atoms with van der Waals surface area (Å²) in [5, 5.41) is 0. The van der Waals surface area contributed by atoms with E-state index in [0.717, 1.165) is 122 Å². The van der Waals surface area contributed by atoms with Crippen LogP contribution in [0.1, 0.15) is 249 Å². The third-order valence-corrected chi connectivity index (χ3v) is 22.7. The maximum absolute atomic E-state index is 12.4. The smallest absolute Gasteiger partial charge is 0.306 e. The van der Waals surface area contributed by atoms with E-state index in [1.807, 2.05) is 6.21 Å². The van der Waals surface area contributed by atoms with Gasteiger partial charge in [-0.2, -0.15) is 0 Å². The van der Waals surface area contributed by atoms with Gasteiger partial charge in [0.15, 0.2) is 0 Å². The van der Waals surface area contributed by atoms with Crippen molar-refractivity contribution in [2.75, 3.05) is 7.05 Å². The number of aldehydes is 1. The third kappa shape index (κ3) is 12.6. The first kappa shape index (κ1) is 56.5. The number of hydrogen-bond donors (Lipinski definition) is 0. The van der Waals surface area contributed by atoms with Gasteiger partial charge in [-0.1, -0.05) is 131 Å². The highest BCUT2D eigenvalue weighted by Crippen LogP contribution is 2.69. The fraction of sp³-hybridized carbons (Fsp3) is 0.877. The second kappa shape index (κ2) is 24.6. The molecule has 0 saturated heterocycles. The number of aliphatic imine (C=N–C) groups is 1. The first-order valence-electron chi connectivity index (χ1n) is 30.5. The number of esters is 2. The SMILES string of the molecule is CC(C)CCC[C@@H](C)[C@H]1CC[C@H]2[C@@H]3CC=C4C[C@@H](OC(=O)CCCC=O)CC[C@]4(C)[C@H]3CC[C@]12C.CN=CCCCC(=O)O[C@H]1CC[C@@]2(C)C(=CC[C@H]3[C@@H]4CC[C@H]([C@H](C)CCCC(C)C)[C@@]4(C)CC[C@@H]32)C1. The van der Waals surface area contributed by atoms with Crippen LogP contribution in [0.5, 0.6) is 0 Å². The first-order valence-corrected chi connectivity index (χ1v) is 30.5. The molecule has 6 fully saturated rings. The number of carbonyl (C=O) groups excluding carboxylic acids is 3. The second-order valence-corrected chi connectivity index (χ2v) is 27.7. The van der Waals surface area contributed by atoms with Crippen LogP contribution in [0, 0.1) is 92.7 Å². The normalized spacial score (nSPS) is 39.1. The Morgan fingerprint density at radius 2 is 1.01 bits per heavy atom. The molecule has 0 unspecified atom stereocenters. The van der Waals surface area contributed by atoms with Gasteiger partial charge in [-0.15, -0.1) is 0 Å². The van der Waals surface area contributed by atoms with Gasteiger partial charge in [0.05, 0.1) is 0 Å². The Bertz CT molecular complexity index is 1860. The zero-order chi connectivity index (χ0) is 51.1. The number of ether oxygens (including phenoxy) is 2. The van der Waals surface area contributed by atoms with Crippen LogP contribution < -0.4 is 0 Å². The maximum Gasteiger partial charge on any atom is 0.306 e. The van der Waals surface area contributed by atoms with Crippen molar-refractivity contribution in [3.8, 4) is 0 Å². The Labute approximate surface area is 435 Å². The second-order valence-electron chi connectivity index (χ2n) is 27.7. The highest BCUT2D eigenvalue weighted by molar-refractivity contribution is 5.70. The van der Waals surface area contributed by atoms with Crippen LogP contribution in [-0.2, 0) is 23.9 Å². The molecule has 8 rings (SSSR count). The van der Waals surface area contributed by atoms with Crippen LogP contribution >= 0.6 is 0 Å². The van der Waals surface area contributed by atoms with Crippen LogP contribution in [0.15, 0.2) is 28.3 Å². The lowest BCUT2D eigenvalue weighted by atomic mass is 9.47. The Hall–Kier alpha value is -2.24. The largest absolute Gasteiger partial charge is 0.462 e. The number of hydrogen-bond acceptors (Lipinski definition) is 6. The molecule has 16 atom stereocenters. The van der Waals surface area contributed by atoms with E-state index in [9.17, 15) is 14.4 Å². The molecule has 0 radical (unpaired) electrons. The standard InChI is InChI=1S/C33H55NO2.C32H52O3/c1-23(2)10-9-11-24(3)28-15-16-29-27-14-13-25-22-26(36-31(35)12-7-8-21-34-6)17-19-32(25,4)30(27)18-20-33(28,29)5;1-22(2)9-8-10-23(3)27-14-15-28-26-13-12-24-21-25(35-30(34)11-6-7-20-33)16-18-31(24,4)29(26)17-19-32(27,28)5/h13,21,23-24,26-30H,7-12,14-20,22H2,1-6H3;12,20,22-23,25-29H,6-11,13-19,21H2,1-5H3/t24-,26+,27+,28-,29+,30+,32+,33-;23-,25+,26+,27-,28+,29+,31+,32-/m11/s1. The molecule has 0 bridgehead atoms. The zero-order valence-electron chi connectivity index (χ0n) is 47.7. The summed E-state index contributed by atoms with van der Waals surface area (Å²) in [5.74, 6) is 10.2. The van der Waals surface area contributed by atoms with Crippen molar-refractivity contribution in [1.82, 2.24) is 0 Å². The van der Waals surface area contributed by atoms with Crippen molar-refractivity contribution in [2.45, 2.75) is 261 Å². The third-order valence-electron chi connectivity index (χ3n) is 22.7. The van der Waals surface area contributed by atoms with Gasteiger partial charge in [0, 0.05) is 39.2 Å². The summed E-state index contributed by atoms with van der Waals surface area (Å²) in [5.41, 5.74) is 4.91. The molecular formula is C65H107NO5. The van der Waals surface area contributed by atoms with Gasteiger partial charge in [0.25, 0.3) is 0 Å². The minimum atomic E-state index is -0.123. The summed E-state index contributed by atoms with van der Waals surface area (Å²) in [4.78, 5) is 39.2. The molecule has 0 aromatic rings. The van der Waals surface area contributed by atoms with Crippen molar-refractivity contribution >= 4 is 24.4 Å². The van der Waals surface area contributed by atoms with E-state index >= 15 is 0 Å². The molecule has 6 saturated carbocycles. The predicted octanol–water partition coefficient (Wildman–Crippen LogP) is 17.1. The number of carbonyl (C=O) groups is 3. The molecule has 0 heterocycles. The molecule has 8 aliphatic rings.